The maximum atomic E-state index is 6.46. The third kappa shape index (κ3) is 4.34. The maximum absolute atomic E-state index is 6.46. The molecule has 0 spiro atoms. The number of benzene rings is 5. The van der Waals surface area contributed by atoms with Gasteiger partial charge in [0.25, 0.3) is 0 Å². The van der Waals surface area contributed by atoms with Crippen LogP contribution >= 0.6 is 0 Å². The van der Waals surface area contributed by atoms with Crippen molar-refractivity contribution in [3.8, 4) is 33.9 Å². The van der Waals surface area contributed by atoms with Crippen LogP contribution in [0.5, 0.6) is 11.5 Å². The van der Waals surface area contributed by atoms with Gasteiger partial charge in [-0.1, -0.05) is 119 Å². The molecule has 6 nitrogen and oxygen atoms in total. The smallest absolute Gasteiger partial charge is 0.497 e. The van der Waals surface area contributed by atoms with Crippen molar-refractivity contribution in [3.63, 3.8) is 0 Å². The van der Waals surface area contributed by atoms with Gasteiger partial charge in [0.15, 0.2) is 0 Å². The van der Waals surface area contributed by atoms with Crippen molar-refractivity contribution in [2.24, 2.45) is 0 Å². The molecule has 7 heteroatoms. The molecule has 0 atom stereocenters. The van der Waals surface area contributed by atoms with Crippen LogP contribution in [0.4, 0.5) is 0 Å². The molecule has 0 amide bonds. The number of rotatable bonds is 4. The van der Waals surface area contributed by atoms with Crippen LogP contribution in [0.25, 0.3) is 77.0 Å². The van der Waals surface area contributed by atoms with Crippen molar-refractivity contribution in [2.45, 2.75) is 0 Å². The summed E-state index contributed by atoms with van der Waals surface area (Å²) in [5, 5.41) is 5.99. The standard InChI is InChI=1S/C41H23N5O.Pt/c1-3-7-26(8-4-1)28-11-14-33-31-15-12-30(23-35(31)41-44-25-39(46(41)38(33)21-28)27-9-5-2-6-10-27)47-29-13-16-32-34(22-29)40-43-19-20-45(40)37-17-18-42-24-36(32)37;/h1-21,24-25H;/q-2;+2. The van der Waals surface area contributed by atoms with Crippen molar-refractivity contribution < 1.29 is 25.8 Å². The zero-order valence-electron chi connectivity index (χ0n) is 25.2. The topological polar surface area (TPSA) is 56.7 Å². The van der Waals surface area contributed by atoms with Gasteiger partial charge in [0.2, 0.25) is 0 Å². The van der Waals surface area contributed by atoms with Gasteiger partial charge >= 0.3 is 21.1 Å². The molecule has 0 aliphatic heterocycles. The number of aromatic nitrogens is 5. The SMILES string of the molecule is [Pt+2].[c-]1c(Oc2[c-]c3c(cc2)c2ccc(-c4ccccc4)cc2n2c(-c4ccccc4)cnc32)ccc2c1c1nccn1c1ccncc21. The Kier molecular flexibility index (Phi) is 6.59. The predicted octanol–water partition coefficient (Wildman–Crippen LogP) is 9.71. The van der Waals surface area contributed by atoms with Crippen molar-refractivity contribution in [1.82, 2.24) is 23.8 Å². The summed E-state index contributed by atoms with van der Waals surface area (Å²) in [6, 6.07) is 44.6. The van der Waals surface area contributed by atoms with Gasteiger partial charge in [0.1, 0.15) is 0 Å². The molecule has 0 bridgehead atoms. The first-order valence-electron chi connectivity index (χ1n) is 15.4. The fraction of sp³-hybridized carbons (Fsp3) is 0. The second-order valence-electron chi connectivity index (χ2n) is 11.6. The van der Waals surface area contributed by atoms with Crippen molar-refractivity contribution in [3.05, 3.63) is 152 Å². The van der Waals surface area contributed by atoms with Gasteiger partial charge in [-0.05, 0) is 39.6 Å². The Labute approximate surface area is 289 Å². The van der Waals surface area contributed by atoms with Crippen molar-refractivity contribution >= 4 is 54.6 Å². The molecule has 10 rings (SSSR count). The summed E-state index contributed by atoms with van der Waals surface area (Å²) in [5.41, 5.74) is 8.21. The van der Waals surface area contributed by atoms with Gasteiger partial charge < -0.3 is 13.5 Å². The molecular weight excluding hydrogens is 774 g/mol. The fourth-order valence-electron chi connectivity index (χ4n) is 6.81. The summed E-state index contributed by atoms with van der Waals surface area (Å²) in [6.45, 7) is 0. The molecule has 0 saturated carbocycles. The van der Waals surface area contributed by atoms with E-state index in [9.17, 15) is 0 Å². The Morgan fingerprint density at radius 1 is 0.542 bits per heavy atom. The monoisotopic (exact) mass is 796 g/mol. The van der Waals surface area contributed by atoms with E-state index in [-0.39, 0.29) is 21.1 Å². The first-order valence-corrected chi connectivity index (χ1v) is 15.4. The number of ether oxygens (including phenoxy) is 1. The Hall–Kier alpha value is -5.84. The Bertz CT molecular complexity index is 2830. The zero-order valence-corrected chi connectivity index (χ0v) is 27.5. The third-order valence-corrected chi connectivity index (χ3v) is 8.96. The van der Waals surface area contributed by atoms with Crippen LogP contribution in [-0.2, 0) is 21.1 Å². The predicted molar refractivity (Wildman–Crippen MR) is 187 cm³/mol. The van der Waals surface area contributed by atoms with Crippen LogP contribution in [-0.4, -0.2) is 23.8 Å². The molecule has 0 N–H and O–H groups in total. The zero-order chi connectivity index (χ0) is 30.9. The summed E-state index contributed by atoms with van der Waals surface area (Å²) in [4.78, 5) is 14.0. The largest absolute Gasteiger partial charge is 2.00 e. The molecule has 0 saturated heterocycles. The van der Waals surface area contributed by atoms with E-state index in [4.69, 9.17) is 9.72 Å². The van der Waals surface area contributed by atoms with E-state index in [0.29, 0.717) is 11.5 Å². The van der Waals surface area contributed by atoms with Gasteiger partial charge in [-0.25, -0.2) is 0 Å². The van der Waals surface area contributed by atoms with E-state index < -0.39 is 0 Å². The number of fused-ring (bicyclic) bond motifs is 12. The summed E-state index contributed by atoms with van der Waals surface area (Å²) >= 11 is 0. The molecule has 0 aliphatic rings. The maximum Gasteiger partial charge on any atom is 2.00 e. The van der Waals surface area contributed by atoms with E-state index in [1.54, 1.807) is 12.4 Å². The molecule has 228 valence electrons. The molecule has 48 heavy (non-hydrogen) atoms. The molecular formula is C41H23N5OPt. The first kappa shape index (κ1) is 28.4. The van der Waals surface area contributed by atoms with Crippen molar-refractivity contribution in [1.29, 1.82) is 0 Å². The number of hydrogen-bond donors (Lipinski definition) is 0. The van der Waals surface area contributed by atoms with Crippen LogP contribution < -0.4 is 4.74 Å². The van der Waals surface area contributed by atoms with Gasteiger partial charge in [-0.2, -0.15) is 0 Å². The van der Waals surface area contributed by atoms with Crippen LogP contribution in [0.1, 0.15) is 0 Å². The quantitative estimate of drug-likeness (QED) is 0.132. The molecule has 0 radical (unpaired) electrons. The molecule has 0 unspecified atom stereocenters. The average molecular weight is 797 g/mol. The average Bonchev–Trinajstić information content (AvgIpc) is 3.82. The Balaban J connectivity index is 0.00000314. The second-order valence-corrected chi connectivity index (χ2v) is 11.6. The van der Waals surface area contributed by atoms with E-state index in [1.807, 2.05) is 48.9 Å². The third-order valence-electron chi connectivity index (χ3n) is 8.96. The van der Waals surface area contributed by atoms with Crippen LogP contribution in [0.3, 0.4) is 0 Å². The van der Waals surface area contributed by atoms with E-state index >= 15 is 0 Å². The minimum absolute atomic E-state index is 0. The minimum atomic E-state index is 0. The number of nitrogens with zero attached hydrogens (tertiary/aromatic N) is 5. The molecule has 0 fully saturated rings. The molecule has 10 aromatic rings. The Morgan fingerprint density at radius 2 is 1.23 bits per heavy atom. The molecule has 5 heterocycles. The summed E-state index contributed by atoms with van der Waals surface area (Å²) in [5.74, 6) is 1.17. The van der Waals surface area contributed by atoms with Crippen LogP contribution in [0.15, 0.2) is 140 Å². The molecule has 5 aromatic heterocycles. The molecule has 5 aromatic carbocycles. The first-order chi connectivity index (χ1) is 23.3. The van der Waals surface area contributed by atoms with Gasteiger partial charge in [-0.15, -0.1) is 12.1 Å². The normalized spacial score (nSPS) is 11.6. The number of pyridine rings is 3. The van der Waals surface area contributed by atoms with Crippen LogP contribution in [0, 0.1) is 12.1 Å². The van der Waals surface area contributed by atoms with Gasteiger partial charge in [0, 0.05) is 53.5 Å². The summed E-state index contributed by atoms with van der Waals surface area (Å²) < 4.78 is 10.8. The van der Waals surface area contributed by atoms with E-state index in [1.165, 1.54) is 5.56 Å². The number of imidazole rings is 2. The second kappa shape index (κ2) is 11.1. The Morgan fingerprint density at radius 3 is 2.00 bits per heavy atom. The van der Waals surface area contributed by atoms with E-state index in [0.717, 1.165) is 71.5 Å². The summed E-state index contributed by atoms with van der Waals surface area (Å²) in [7, 11) is 0. The number of hydrogen-bond acceptors (Lipinski definition) is 4. The van der Waals surface area contributed by atoms with E-state index in [2.05, 4.69) is 110 Å². The van der Waals surface area contributed by atoms with Gasteiger partial charge in [-0.3, -0.25) is 15.0 Å². The fourth-order valence-corrected chi connectivity index (χ4v) is 6.81. The van der Waals surface area contributed by atoms with Crippen molar-refractivity contribution in [2.75, 3.05) is 0 Å². The molecule has 0 aliphatic carbocycles. The summed E-state index contributed by atoms with van der Waals surface area (Å²) in [6.07, 6.45) is 9.40. The van der Waals surface area contributed by atoms with Gasteiger partial charge in [0.05, 0.1) is 17.0 Å². The minimum Gasteiger partial charge on any atom is -0.497 e. The van der Waals surface area contributed by atoms with Crippen LogP contribution in [0.2, 0.25) is 0 Å².